The molecule has 0 unspecified atom stereocenters. The summed E-state index contributed by atoms with van der Waals surface area (Å²) in [5.41, 5.74) is 2.59. The number of hydrogen-bond donors (Lipinski definition) is 0. The van der Waals surface area contributed by atoms with E-state index >= 15 is 0 Å². The summed E-state index contributed by atoms with van der Waals surface area (Å²) in [7, 11) is 2.19. The molecule has 2 heteroatoms. The summed E-state index contributed by atoms with van der Waals surface area (Å²) in [6, 6.07) is 19.1. The van der Waals surface area contributed by atoms with Crippen molar-refractivity contribution < 1.29 is 4.74 Å². The second kappa shape index (κ2) is 6.31. The molecule has 2 aromatic rings. The standard InChI is InChI=1S/C19H23NO/c1-15-8-6-7-11-18(15)21-19-12-13-20(2)14-17(19)16-9-4-3-5-10-16/h3-11,17,19H,12-14H2,1-2H3/t17-,19+/m0/s1. The van der Waals surface area contributed by atoms with E-state index in [2.05, 4.69) is 73.5 Å². The van der Waals surface area contributed by atoms with Gasteiger partial charge in [-0.3, -0.25) is 0 Å². The van der Waals surface area contributed by atoms with Crippen LogP contribution >= 0.6 is 0 Å². The molecule has 0 bridgehead atoms. The van der Waals surface area contributed by atoms with Crippen LogP contribution in [0.25, 0.3) is 0 Å². The average molecular weight is 281 g/mol. The first-order chi connectivity index (χ1) is 10.2. The van der Waals surface area contributed by atoms with Gasteiger partial charge in [0.15, 0.2) is 0 Å². The van der Waals surface area contributed by atoms with Crippen LogP contribution in [0.15, 0.2) is 54.6 Å². The van der Waals surface area contributed by atoms with Crippen molar-refractivity contribution in [1.29, 1.82) is 0 Å². The fourth-order valence-corrected chi connectivity index (χ4v) is 3.11. The van der Waals surface area contributed by atoms with E-state index < -0.39 is 0 Å². The molecule has 0 aromatic heterocycles. The molecule has 0 radical (unpaired) electrons. The molecular weight excluding hydrogens is 258 g/mol. The van der Waals surface area contributed by atoms with E-state index in [1.807, 2.05) is 0 Å². The first-order valence-corrected chi connectivity index (χ1v) is 7.70. The molecule has 0 saturated carbocycles. The number of likely N-dealkylation sites (N-methyl/N-ethyl adjacent to an activating group) is 1. The van der Waals surface area contributed by atoms with Crippen LogP contribution in [0.1, 0.15) is 23.5 Å². The Balaban J connectivity index is 1.83. The molecule has 2 nitrogen and oxygen atoms in total. The molecule has 1 heterocycles. The monoisotopic (exact) mass is 281 g/mol. The zero-order chi connectivity index (χ0) is 14.7. The molecule has 21 heavy (non-hydrogen) atoms. The minimum Gasteiger partial charge on any atom is -0.489 e. The zero-order valence-corrected chi connectivity index (χ0v) is 12.8. The lowest BCUT2D eigenvalue weighted by Crippen LogP contribution is -2.42. The van der Waals surface area contributed by atoms with Gasteiger partial charge in [-0.05, 0) is 37.6 Å². The molecule has 0 N–H and O–H groups in total. The van der Waals surface area contributed by atoms with Gasteiger partial charge < -0.3 is 9.64 Å². The van der Waals surface area contributed by atoms with Gasteiger partial charge in [0.05, 0.1) is 0 Å². The second-order valence-corrected chi connectivity index (χ2v) is 5.99. The molecule has 0 amide bonds. The van der Waals surface area contributed by atoms with Crippen LogP contribution < -0.4 is 4.74 Å². The van der Waals surface area contributed by atoms with Gasteiger partial charge >= 0.3 is 0 Å². The normalized spacial score (nSPS) is 23.0. The Hall–Kier alpha value is -1.80. The minimum absolute atomic E-state index is 0.254. The van der Waals surface area contributed by atoms with Gasteiger partial charge in [0.1, 0.15) is 11.9 Å². The van der Waals surface area contributed by atoms with Crippen molar-refractivity contribution >= 4 is 0 Å². The van der Waals surface area contributed by atoms with Crippen molar-refractivity contribution in [2.45, 2.75) is 25.4 Å². The molecule has 0 aliphatic carbocycles. The van der Waals surface area contributed by atoms with Crippen molar-refractivity contribution in [2.24, 2.45) is 0 Å². The molecule has 3 rings (SSSR count). The summed E-state index contributed by atoms with van der Waals surface area (Å²) in [5.74, 6) is 1.46. The summed E-state index contributed by atoms with van der Waals surface area (Å²) >= 11 is 0. The number of hydrogen-bond acceptors (Lipinski definition) is 2. The van der Waals surface area contributed by atoms with E-state index in [-0.39, 0.29) is 6.10 Å². The van der Waals surface area contributed by atoms with Gasteiger partial charge in [-0.15, -0.1) is 0 Å². The van der Waals surface area contributed by atoms with Gasteiger partial charge in [-0.1, -0.05) is 48.5 Å². The Morgan fingerprint density at radius 1 is 1.00 bits per heavy atom. The first kappa shape index (κ1) is 14.2. The van der Waals surface area contributed by atoms with Gasteiger partial charge in [0.2, 0.25) is 0 Å². The molecule has 2 aromatic carbocycles. The predicted octanol–water partition coefficient (Wildman–Crippen LogP) is 3.86. The third-order valence-corrected chi connectivity index (χ3v) is 4.35. The highest BCUT2D eigenvalue weighted by atomic mass is 16.5. The molecule has 110 valence electrons. The van der Waals surface area contributed by atoms with Crippen molar-refractivity contribution in [2.75, 3.05) is 20.1 Å². The topological polar surface area (TPSA) is 12.5 Å². The van der Waals surface area contributed by atoms with Gasteiger partial charge in [0, 0.05) is 19.0 Å². The number of aryl methyl sites for hydroxylation is 1. The quantitative estimate of drug-likeness (QED) is 0.847. The lowest BCUT2D eigenvalue weighted by Gasteiger charge is -2.37. The Labute approximate surface area is 127 Å². The minimum atomic E-state index is 0.254. The van der Waals surface area contributed by atoms with Crippen LogP contribution in [0.2, 0.25) is 0 Å². The van der Waals surface area contributed by atoms with Crippen LogP contribution in [0, 0.1) is 6.92 Å². The summed E-state index contributed by atoms with van der Waals surface area (Å²) in [5, 5.41) is 0. The Kier molecular flexibility index (Phi) is 4.26. The number of nitrogens with zero attached hydrogens (tertiary/aromatic N) is 1. The number of piperidine rings is 1. The van der Waals surface area contributed by atoms with Crippen LogP contribution in [0.3, 0.4) is 0 Å². The maximum absolute atomic E-state index is 6.37. The average Bonchev–Trinajstić information content (AvgIpc) is 2.52. The van der Waals surface area contributed by atoms with E-state index in [0.29, 0.717) is 5.92 Å². The molecule has 1 saturated heterocycles. The van der Waals surface area contributed by atoms with Crippen molar-refractivity contribution in [3.8, 4) is 5.75 Å². The highest BCUT2D eigenvalue weighted by molar-refractivity contribution is 5.32. The first-order valence-electron chi connectivity index (χ1n) is 7.70. The van der Waals surface area contributed by atoms with E-state index in [0.717, 1.165) is 25.3 Å². The number of likely N-dealkylation sites (tertiary alicyclic amines) is 1. The zero-order valence-electron chi connectivity index (χ0n) is 12.8. The summed E-state index contributed by atoms with van der Waals surface area (Å²) in [6.45, 7) is 4.27. The Bertz CT molecular complexity index is 581. The van der Waals surface area contributed by atoms with Gasteiger partial charge in [-0.2, -0.15) is 0 Å². The van der Waals surface area contributed by atoms with Crippen molar-refractivity contribution in [3.05, 3.63) is 65.7 Å². The Morgan fingerprint density at radius 2 is 1.71 bits per heavy atom. The molecular formula is C19H23NO. The number of benzene rings is 2. The molecule has 1 fully saturated rings. The highest BCUT2D eigenvalue weighted by Gasteiger charge is 2.30. The van der Waals surface area contributed by atoms with E-state index in [1.165, 1.54) is 11.1 Å². The van der Waals surface area contributed by atoms with Crippen molar-refractivity contribution in [3.63, 3.8) is 0 Å². The maximum atomic E-state index is 6.37. The number of rotatable bonds is 3. The van der Waals surface area contributed by atoms with Crippen LogP contribution in [0.5, 0.6) is 5.75 Å². The molecule has 0 spiro atoms. The van der Waals surface area contributed by atoms with Gasteiger partial charge in [0.25, 0.3) is 0 Å². The maximum Gasteiger partial charge on any atom is 0.122 e. The van der Waals surface area contributed by atoms with E-state index in [4.69, 9.17) is 4.74 Å². The number of para-hydroxylation sites is 1. The van der Waals surface area contributed by atoms with Crippen LogP contribution in [-0.4, -0.2) is 31.1 Å². The summed E-state index contributed by atoms with van der Waals surface area (Å²) in [4.78, 5) is 2.40. The summed E-state index contributed by atoms with van der Waals surface area (Å²) in [6.07, 6.45) is 1.33. The third kappa shape index (κ3) is 3.27. The van der Waals surface area contributed by atoms with E-state index in [1.54, 1.807) is 0 Å². The third-order valence-electron chi connectivity index (χ3n) is 4.35. The Morgan fingerprint density at radius 3 is 2.48 bits per heavy atom. The lowest BCUT2D eigenvalue weighted by atomic mass is 9.88. The van der Waals surface area contributed by atoms with Crippen LogP contribution in [0.4, 0.5) is 0 Å². The second-order valence-electron chi connectivity index (χ2n) is 5.99. The smallest absolute Gasteiger partial charge is 0.122 e. The van der Waals surface area contributed by atoms with Crippen LogP contribution in [-0.2, 0) is 0 Å². The van der Waals surface area contributed by atoms with Gasteiger partial charge in [-0.25, -0.2) is 0 Å². The fourth-order valence-electron chi connectivity index (χ4n) is 3.11. The summed E-state index contributed by atoms with van der Waals surface area (Å²) < 4.78 is 6.37. The number of ether oxygens (including phenoxy) is 1. The molecule has 2 atom stereocenters. The van der Waals surface area contributed by atoms with E-state index in [9.17, 15) is 0 Å². The molecule has 1 aliphatic heterocycles. The van der Waals surface area contributed by atoms with Crippen molar-refractivity contribution in [1.82, 2.24) is 4.90 Å². The highest BCUT2D eigenvalue weighted by Crippen LogP contribution is 2.31. The lowest BCUT2D eigenvalue weighted by molar-refractivity contribution is 0.0896. The predicted molar refractivity (Wildman–Crippen MR) is 86.9 cm³/mol. The molecule has 1 aliphatic rings. The SMILES string of the molecule is Cc1ccccc1O[C@@H]1CCN(C)C[C@H]1c1ccccc1. The largest absolute Gasteiger partial charge is 0.489 e. The fraction of sp³-hybridized carbons (Fsp3) is 0.368.